The Labute approximate surface area is 123 Å². The van der Waals surface area contributed by atoms with Crippen molar-refractivity contribution >= 4 is 11.8 Å². The van der Waals surface area contributed by atoms with Gasteiger partial charge in [0.25, 0.3) is 0 Å². The van der Waals surface area contributed by atoms with E-state index in [9.17, 15) is 4.79 Å². The van der Waals surface area contributed by atoms with E-state index in [2.05, 4.69) is 39.6 Å². The minimum Gasteiger partial charge on any atom is -0.465 e. The van der Waals surface area contributed by atoms with Crippen molar-refractivity contribution < 1.29 is 9.53 Å². The zero-order valence-electron chi connectivity index (χ0n) is 12.0. The van der Waals surface area contributed by atoms with Crippen LogP contribution in [0.5, 0.6) is 0 Å². The lowest BCUT2D eigenvalue weighted by atomic mass is 10.1. The summed E-state index contributed by atoms with van der Waals surface area (Å²) >= 11 is 0. The molecule has 2 heterocycles. The van der Waals surface area contributed by atoms with Gasteiger partial charge in [0, 0.05) is 6.54 Å². The number of carbonyl (C=O) groups excluding carboxylic acids is 1. The largest absolute Gasteiger partial charge is 0.465 e. The summed E-state index contributed by atoms with van der Waals surface area (Å²) in [5, 5.41) is 7.48. The van der Waals surface area contributed by atoms with Gasteiger partial charge in [-0.05, 0) is 12.0 Å². The predicted molar refractivity (Wildman–Crippen MR) is 78.9 cm³/mol. The van der Waals surface area contributed by atoms with Crippen molar-refractivity contribution in [2.45, 2.75) is 13.1 Å². The Morgan fingerprint density at radius 3 is 2.95 bits per heavy atom. The first kappa shape index (κ1) is 13.6. The Morgan fingerprint density at radius 2 is 2.19 bits per heavy atom. The highest BCUT2D eigenvalue weighted by Gasteiger charge is 2.23. The van der Waals surface area contributed by atoms with Gasteiger partial charge in [0.05, 0.1) is 26.6 Å². The van der Waals surface area contributed by atoms with E-state index in [1.165, 1.54) is 12.7 Å². The van der Waals surface area contributed by atoms with E-state index in [-0.39, 0.29) is 5.97 Å². The third-order valence-electron chi connectivity index (χ3n) is 3.61. The van der Waals surface area contributed by atoms with Crippen LogP contribution in [0.1, 0.15) is 15.9 Å². The summed E-state index contributed by atoms with van der Waals surface area (Å²) in [6.45, 7) is 2.30. The molecule has 1 aromatic heterocycles. The van der Waals surface area contributed by atoms with Gasteiger partial charge in [-0.2, -0.15) is 5.10 Å². The quantitative estimate of drug-likeness (QED) is 0.864. The smallest absolute Gasteiger partial charge is 0.343 e. The van der Waals surface area contributed by atoms with Gasteiger partial charge in [0.2, 0.25) is 0 Å². The summed E-state index contributed by atoms with van der Waals surface area (Å²) in [5.74, 6) is 0.374. The zero-order valence-corrected chi connectivity index (χ0v) is 12.0. The predicted octanol–water partition coefficient (Wildman–Crippen LogP) is 1.55. The number of rotatable bonds is 4. The zero-order chi connectivity index (χ0) is 14.7. The topological polar surface area (TPSA) is 59.4 Å². The fraction of sp³-hybridized carbons (Fsp3) is 0.333. The molecule has 0 saturated carbocycles. The number of hydrogen-bond acceptors (Lipinski definition) is 5. The molecule has 2 aromatic rings. The maximum Gasteiger partial charge on any atom is 0.343 e. The van der Waals surface area contributed by atoms with Crippen molar-refractivity contribution in [1.29, 1.82) is 0 Å². The fourth-order valence-electron chi connectivity index (χ4n) is 2.45. The number of hydrogen-bond donors (Lipinski definition) is 1. The molecule has 0 bridgehead atoms. The van der Waals surface area contributed by atoms with E-state index < -0.39 is 0 Å². The molecule has 0 radical (unpaired) electrons. The summed E-state index contributed by atoms with van der Waals surface area (Å²) in [7, 11) is 1.38. The van der Waals surface area contributed by atoms with Crippen LogP contribution in [0.25, 0.3) is 0 Å². The molecule has 0 aliphatic carbocycles. The van der Waals surface area contributed by atoms with E-state index in [4.69, 9.17) is 4.74 Å². The number of aromatic nitrogens is 2. The number of nitrogens with zero attached hydrogens (tertiary/aromatic N) is 3. The molecule has 0 fully saturated rings. The summed E-state index contributed by atoms with van der Waals surface area (Å²) in [6.07, 6.45) is 2.54. The molecule has 0 saturated heterocycles. The van der Waals surface area contributed by atoms with Gasteiger partial charge >= 0.3 is 5.97 Å². The van der Waals surface area contributed by atoms with Crippen molar-refractivity contribution in [1.82, 2.24) is 14.7 Å². The number of nitrogens with one attached hydrogen (secondary N) is 1. The third-order valence-corrected chi connectivity index (χ3v) is 3.61. The van der Waals surface area contributed by atoms with Gasteiger partial charge in [-0.25, -0.2) is 9.48 Å². The highest BCUT2D eigenvalue weighted by molar-refractivity contribution is 5.94. The summed E-state index contributed by atoms with van der Waals surface area (Å²) in [4.78, 5) is 13.9. The molecular weight excluding hydrogens is 268 g/mol. The number of ether oxygens (including phenoxy) is 1. The average Bonchev–Trinajstić information content (AvgIpc) is 2.96. The molecule has 1 aromatic carbocycles. The van der Waals surface area contributed by atoms with Gasteiger partial charge in [-0.3, -0.25) is 4.90 Å². The van der Waals surface area contributed by atoms with Crippen LogP contribution < -0.4 is 5.32 Å². The molecule has 0 atom stereocenters. The van der Waals surface area contributed by atoms with Gasteiger partial charge in [0.1, 0.15) is 11.4 Å². The van der Waals surface area contributed by atoms with E-state index >= 15 is 0 Å². The SMILES string of the molecule is COC(=O)c1cnn2c1NCN(CCc1ccccc1)C2. The molecular formula is C15H18N4O2. The molecule has 0 spiro atoms. The Balaban J connectivity index is 1.63. The first-order valence-corrected chi connectivity index (χ1v) is 6.92. The van der Waals surface area contributed by atoms with Crippen LogP contribution in [0.15, 0.2) is 36.5 Å². The lowest BCUT2D eigenvalue weighted by Gasteiger charge is -2.29. The summed E-state index contributed by atoms with van der Waals surface area (Å²) in [6, 6.07) is 10.4. The Hall–Kier alpha value is -2.34. The molecule has 110 valence electrons. The highest BCUT2D eigenvalue weighted by Crippen LogP contribution is 2.20. The second-order valence-corrected chi connectivity index (χ2v) is 5.00. The van der Waals surface area contributed by atoms with Crippen molar-refractivity contribution in [3.8, 4) is 0 Å². The molecule has 1 N–H and O–H groups in total. The third kappa shape index (κ3) is 2.90. The molecule has 6 nitrogen and oxygen atoms in total. The number of fused-ring (bicyclic) bond motifs is 1. The lowest BCUT2D eigenvalue weighted by molar-refractivity contribution is 0.0601. The number of anilines is 1. The monoisotopic (exact) mass is 286 g/mol. The normalized spacial score (nSPS) is 14.3. The number of methoxy groups -OCH3 is 1. The van der Waals surface area contributed by atoms with Gasteiger partial charge in [-0.1, -0.05) is 30.3 Å². The van der Waals surface area contributed by atoms with Crippen molar-refractivity contribution in [2.24, 2.45) is 0 Å². The minimum absolute atomic E-state index is 0.360. The second-order valence-electron chi connectivity index (χ2n) is 5.00. The van der Waals surface area contributed by atoms with E-state index in [1.807, 2.05) is 6.07 Å². The molecule has 0 unspecified atom stereocenters. The molecule has 3 rings (SSSR count). The van der Waals surface area contributed by atoms with E-state index in [0.29, 0.717) is 18.9 Å². The van der Waals surface area contributed by atoms with Crippen molar-refractivity contribution in [2.75, 3.05) is 25.6 Å². The van der Waals surface area contributed by atoms with Crippen LogP contribution >= 0.6 is 0 Å². The first-order valence-electron chi connectivity index (χ1n) is 6.92. The standard InChI is InChI=1S/C15H18N4O2/c1-21-15(20)13-9-17-19-11-18(10-16-14(13)19)8-7-12-5-3-2-4-6-12/h2-6,9,16H,7-8,10-11H2,1H3. The summed E-state index contributed by atoms with van der Waals surface area (Å²) in [5.41, 5.74) is 1.80. The van der Waals surface area contributed by atoms with Crippen LogP contribution in [0, 0.1) is 0 Å². The van der Waals surface area contributed by atoms with Gasteiger partial charge < -0.3 is 10.1 Å². The molecule has 6 heteroatoms. The average molecular weight is 286 g/mol. The van der Waals surface area contributed by atoms with Crippen LogP contribution in [0.3, 0.4) is 0 Å². The van der Waals surface area contributed by atoms with Crippen molar-refractivity contribution in [3.05, 3.63) is 47.7 Å². The highest BCUT2D eigenvalue weighted by atomic mass is 16.5. The van der Waals surface area contributed by atoms with E-state index in [0.717, 1.165) is 18.8 Å². The molecule has 1 aliphatic heterocycles. The lowest BCUT2D eigenvalue weighted by Crippen LogP contribution is -2.38. The van der Waals surface area contributed by atoms with Crippen LogP contribution in [0.2, 0.25) is 0 Å². The Kier molecular flexibility index (Phi) is 3.87. The van der Waals surface area contributed by atoms with Crippen LogP contribution in [-0.4, -0.2) is 41.0 Å². The first-order chi connectivity index (χ1) is 10.3. The fourth-order valence-corrected chi connectivity index (χ4v) is 2.45. The molecule has 1 aliphatic rings. The molecule has 0 amide bonds. The van der Waals surface area contributed by atoms with Gasteiger partial charge in [-0.15, -0.1) is 0 Å². The number of benzene rings is 1. The number of carbonyl (C=O) groups is 1. The molecule has 21 heavy (non-hydrogen) atoms. The van der Waals surface area contributed by atoms with Crippen LogP contribution in [-0.2, 0) is 17.8 Å². The number of esters is 1. The minimum atomic E-state index is -0.360. The summed E-state index contributed by atoms with van der Waals surface area (Å²) < 4.78 is 6.54. The Bertz CT molecular complexity index is 624. The second kappa shape index (κ2) is 5.97. The maximum atomic E-state index is 11.6. The van der Waals surface area contributed by atoms with Gasteiger partial charge in [0.15, 0.2) is 0 Å². The van der Waals surface area contributed by atoms with Crippen molar-refractivity contribution in [3.63, 3.8) is 0 Å². The maximum absolute atomic E-state index is 11.6. The Morgan fingerprint density at radius 1 is 1.38 bits per heavy atom. The van der Waals surface area contributed by atoms with Crippen LogP contribution in [0.4, 0.5) is 5.82 Å². The van der Waals surface area contributed by atoms with E-state index in [1.54, 1.807) is 10.9 Å².